The van der Waals surface area contributed by atoms with Crippen LogP contribution in [0.2, 0.25) is 0 Å². The number of azo groups is 1. The first-order valence-electron chi connectivity index (χ1n) is 7.72. The number of hydrogen-bond donors (Lipinski definition) is 2. The van der Waals surface area contributed by atoms with E-state index in [9.17, 15) is 23.2 Å². The molecule has 0 unspecified atom stereocenters. The van der Waals surface area contributed by atoms with Gasteiger partial charge in [-0.3, -0.25) is 9.55 Å². The molecule has 0 aliphatic rings. The van der Waals surface area contributed by atoms with Crippen LogP contribution in [0.4, 0.5) is 17.1 Å². The number of phenolic OH excluding ortho intramolecular Hbond substituents is 1. The van der Waals surface area contributed by atoms with E-state index in [2.05, 4.69) is 15.2 Å². The summed E-state index contributed by atoms with van der Waals surface area (Å²) in [5.74, 6) is -0.546. The topological polar surface area (TPSA) is 135 Å². The van der Waals surface area contributed by atoms with Gasteiger partial charge in [-0.05, 0) is 43.2 Å². The maximum Gasteiger partial charge on any atom is 1.00 e. The van der Waals surface area contributed by atoms with Crippen LogP contribution in [0.1, 0.15) is 6.92 Å². The molecule has 138 valence electrons. The second-order valence-electron chi connectivity index (χ2n) is 5.61. The number of benzene rings is 3. The summed E-state index contributed by atoms with van der Waals surface area (Å²) >= 11 is 0. The van der Waals surface area contributed by atoms with Crippen molar-refractivity contribution in [3.8, 4) is 5.75 Å². The molecule has 0 bridgehead atoms. The van der Waals surface area contributed by atoms with Crippen LogP contribution < -0.4 is 34.7 Å². The number of nitrogens with zero attached hydrogens (tertiary/aromatic N) is 3. The molecule has 0 aromatic heterocycles. The maximum atomic E-state index is 11.5. The Labute approximate surface area is 183 Å². The Morgan fingerprint density at radius 2 is 1.61 bits per heavy atom. The Morgan fingerprint density at radius 1 is 0.964 bits per heavy atom. The minimum atomic E-state index is -4.39. The summed E-state index contributed by atoms with van der Waals surface area (Å²) in [6, 6.07) is 13.3. The molecule has 0 aliphatic carbocycles. The molecule has 0 saturated heterocycles. The first-order valence-corrected chi connectivity index (χ1v) is 9.16. The van der Waals surface area contributed by atoms with E-state index in [1.165, 1.54) is 37.3 Å². The second kappa shape index (κ2) is 8.80. The van der Waals surface area contributed by atoms with Gasteiger partial charge in [-0.2, -0.15) is 8.42 Å². The van der Waals surface area contributed by atoms with E-state index in [1.807, 2.05) is 0 Å². The van der Waals surface area contributed by atoms with Crippen molar-refractivity contribution in [1.29, 1.82) is 0 Å². The van der Waals surface area contributed by atoms with Gasteiger partial charge in [-0.1, -0.05) is 24.3 Å². The van der Waals surface area contributed by atoms with E-state index in [0.29, 0.717) is 22.1 Å². The van der Waals surface area contributed by atoms with Crippen LogP contribution in [-0.4, -0.2) is 24.0 Å². The van der Waals surface area contributed by atoms with Crippen molar-refractivity contribution < 1.29 is 52.7 Å². The van der Waals surface area contributed by atoms with Crippen molar-refractivity contribution in [3.05, 3.63) is 54.6 Å². The molecule has 2 N–H and O–H groups in total. The van der Waals surface area contributed by atoms with Gasteiger partial charge in [0.2, 0.25) is 0 Å². The summed E-state index contributed by atoms with van der Waals surface area (Å²) in [6.45, 7) is 1.30. The Balaban J connectivity index is 0.00000280. The molecule has 0 heterocycles. The number of aromatic hydroxyl groups is 1. The molecule has 0 amide bonds. The van der Waals surface area contributed by atoms with Crippen molar-refractivity contribution in [3.63, 3.8) is 0 Å². The summed E-state index contributed by atoms with van der Waals surface area (Å²) in [6.07, 6.45) is 0. The fourth-order valence-corrected chi connectivity index (χ4v) is 3.21. The van der Waals surface area contributed by atoms with Crippen molar-refractivity contribution in [1.82, 2.24) is 0 Å². The molecule has 0 radical (unpaired) electrons. The minimum Gasteiger partial charge on any atom is -0.862 e. The van der Waals surface area contributed by atoms with Crippen molar-refractivity contribution in [2.75, 3.05) is 0 Å². The molecule has 0 saturated carbocycles. The first kappa shape index (κ1) is 22.0. The molecular formula is C18H14N3NaO5S. The van der Waals surface area contributed by atoms with Gasteiger partial charge in [-0.15, -0.1) is 10.2 Å². The predicted octanol–water partition coefficient (Wildman–Crippen LogP) is 0.622. The second-order valence-corrected chi connectivity index (χ2v) is 7.00. The minimum absolute atomic E-state index is 0. The van der Waals surface area contributed by atoms with Crippen molar-refractivity contribution in [2.24, 2.45) is 15.2 Å². The number of rotatable bonds is 4. The first-order chi connectivity index (χ1) is 12.8. The maximum absolute atomic E-state index is 11.5. The average molecular weight is 407 g/mol. The van der Waals surface area contributed by atoms with E-state index < -0.39 is 16.0 Å². The molecule has 3 aromatic carbocycles. The summed E-state index contributed by atoms with van der Waals surface area (Å²) in [4.78, 5) is 3.52. The fourth-order valence-electron chi connectivity index (χ4n) is 2.52. The van der Waals surface area contributed by atoms with E-state index in [4.69, 9.17) is 0 Å². The van der Waals surface area contributed by atoms with Crippen LogP contribution in [0.15, 0.2) is 74.7 Å². The van der Waals surface area contributed by atoms with Crippen molar-refractivity contribution >= 4 is 43.9 Å². The predicted molar refractivity (Wildman–Crippen MR) is 98.8 cm³/mol. The van der Waals surface area contributed by atoms with Gasteiger partial charge < -0.3 is 10.2 Å². The van der Waals surface area contributed by atoms with Crippen LogP contribution in [0.25, 0.3) is 10.8 Å². The van der Waals surface area contributed by atoms with Gasteiger partial charge >= 0.3 is 29.6 Å². The molecule has 0 spiro atoms. The van der Waals surface area contributed by atoms with Gasteiger partial charge in [0.05, 0.1) is 11.4 Å². The normalized spacial score (nSPS) is 12.3. The number of fused-ring (bicyclic) bond motifs is 1. The van der Waals surface area contributed by atoms with E-state index in [0.717, 1.165) is 0 Å². The third-order valence-electron chi connectivity index (χ3n) is 3.65. The van der Waals surface area contributed by atoms with E-state index >= 15 is 0 Å². The molecule has 8 nitrogen and oxygen atoms in total. The third-order valence-corrected chi connectivity index (χ3v) is 4.56. The monoisotopic (exact) mass is 407 g/mol. The third kappa shape index (κ3) is 4.94. The molecule has 10 heteroatoms. The molecule has 3 aromatic rings. The van der Waals surface area contributed by atoms with E-state index in [1.54, 1.807) is 24.3 Å². The number of aliphatic imine (C=N–C) groups is 1. The molecule has 0 fully saturated rings. The van der Waals surface area contributed by atoms with E-state index in [-0.39, 0.29) is 45.9 Å². The van der Waals surface area contributed by atoms with Crippen LogP contribution in [0.3, 0.4) is 0 Å². The van der Waals surface area contributed by atoms with Gasteiger partial charge in [0.15, 0.2) is 0 Å². The molecule has 3 rings (SSSR count). The Hall–Kier alpha value is -2.30. The Morgan fingerprint density at radius 3 is 2.25 bits per heavy atom. The van der Waals surface area contributed by atoms with Crippen LogP contribution in [0.5, 0.6) is 5.75 Å². The standard InChI is InChI=1S/C18H15N3O5S.Na/c1-11(22)19-12-6-8-17(23)16(10-12)21-20-15-7-9-18(27(24,25)26)14-5-3-2-4-13(14)15;/h2-10,23H,1H3,(H,19,22)(H,24,25,26);/q;+1/p-1. The SMILES string of the molecule is CC([O-])=Nc1ccc(O)c(N=Nc2ccc(S(=O)(=O)O)c3ccccc23)c1.[Na+]. The quantitative estimate of drug-likeness (QED) is 0.215. The summed E-state index contributed by atoms with van der Waals surface area (Å²) in [5.41, 5.74) is 0.757. The van der Waals surface area contributed by atoms with Gasteiger partial charge in [0.25, 0.3) is 10.1 Å². The van der Waals surface area contributed by atoms with Crippen molar-refractivity contribution in [2.45, 2.75) is 11.8 Å². The van der Waals surface area contributed by atoms with Gasteiger partial charge in [-0.25, -0.2) is 0 Å². The molecule has 28 heavy (non-hydrogen) atoms. The number of phenols is 1. The van der Waals surface area contributed by atoms with Gasteiger partial charge in [0.1, 0.15) is 16.3 Å². The summed E-state index contributed by atoms with van der Waals surface area (Å²) < 4.78 is 32.4. The number of hydrogen-bond acceptors (Lipinski definition) is 7. The largest absolute Gasteiger partial charge is 1.00 e. The Bertz CT molecular complexity index is 1190. The zero-order valence-corrected chi connectivity index (χ0v) is 17.9. The molecular weight excluding hydrogens is 393 g/mol. The fraction of sp³-hybridized carbons (Fsp3) is 0.0556. The molecule has 0 aliphatic heterocycles. The average Bonchev–Trinajstić information content (AvgIpc) is 2.60. The zero-order chi connectivity index (χ0) is 19.6. The van der Waals surface area contributed by atoms with Crippen LogP contribution in [0, 0.1) is 0 Å². The summed E-state index contributed by atoms with van der Waals surface area (Å²) in [7, 11) is -4.39. The van der Waals surface area contributed by atoms with Gasteiger partial charge in [0, 0.05) is 10.8 Å². The zero-order valence-electron chi connectivity index (χ0n) is 15.1. The Kier molecular flexibility index (Phi) is 6.91. The van der Waals surface area contributed by atoms with Crippen LogP contribution >= 0.6 is 0 Å². The van der Waals surface area contributed by atoms with Crippen LogP contribution in [-0.2, 0) is 10.1 Å². The smallest absolute Gasteiger partial charge is 0.862 e. The summed E-state index contributed by atoms with van der Waals surface area (Å²) in [5, 5.41) is 29.8. The molecule has 0 atom stereocenters.